The van der Waals surface area contributed by atoms with Gasteiger partial charge in [-0.15, -0.1) is 0 Å². The lowest BCUT2D eigenvalue weighted by atomic mass is 9.79. The van der Waals surface area contributed by atoms with Gasteiger partial charge in [0, 0.05) is 27.2 Å². The molecule has 3 rings (SSSR count). The van der Waals surface area contributed by atoms with Crippen LogP contribution in [0.4, 0.5) is 0 Å². The van der Waals surface area contributed by atoms with Crippen LogP contribution >= 0.6 is 0 Å². The molecule has 0 N–H and O–H groups in total. The molecule has 220 valence electrons. The maximum atomic E-state index is 12.1. The van der Waals surface area contributed by atoms with E-state index in [1.807, 2.05) is 52.0 Å². The normalized spacial score (nSPS) is 27.0. The van der Waals surface area contributed by atoms with Crippen LogP contribution in [0, 0.1) is 0 Å². The van der Waals surface area contributed by atoms with Crippen molar-refractivity contribution in [2.75, 3.05) is 0 Å². The molecule has 2 heterocycles. The van der Waals surface area contributed by atoms with E-state index < -0.39 is 73.1 Å². The Labute approximate surface area is 234 Å². The van der Waals surface area contributed by atoms with E-state index in [-0.39, 0.29) is 13.0 Å². The zero-order chi connectivity index (χ0) is 29.8. The number of ether oxygens (including phenoxy) is 6. The third-order valence-corrected chi connectivity index (χ3v) is 6.81. The van der Waals surface area contributed by atoms with Crippen LogP contribution < -0.4 is 5.46 Å². The summed E-state index contributed by atoms with van der Waals surface area (Å²) in [5.41, 5.74) is 0.575. The highest BCUT2D eigenvalue weighted by molar-refractivity contribution is 6.62. The van der Waals surface area contributed by atoms with Gasteiger partial charge < -0.3 is 37.7 Å². The van der Waals surface area contributed by atoms with E-state index in [2.05, 4.69) is 0 Å². The zero-order valence-electron chi connectivity index (χ0n) is 24.1. The quantitative estimate of drug-likeness (QED) is 0.246. The Bertz CT molecular complexity index is 1070. The maximum absolute atomic E-state index is 12.1. The average Bonchev–Trinajstić information content (AvgIpc) is 3.07. The number of carbonyl (C=O) groups is 4. The van der Waals surface area contributed by atoms with Gasteiger partial charge in [-0.25, -0.2) is 0 Å². The molecule has 0 aliphatic carbocycles. The van der Waals surface area contributed by atoms with Gasteiger partial charge in [-0.05, 0) is 38.7 Å². The topological polar surface area (TPSA) is 142 Å². The van der Waals surface area contributed by atoms with E-state index in [4.69, 9.17) is 37.7 Å². The van der Waals surface area contributed by atoms with Crippen LogP contribution in [-0.4, -0.2) is 73.1 Å². The molecule has 0 bridgehead atoms. The summed E-state index contributed by atoms with van der Waals surface area (Å²) in [4.78, 5) is 47.9. The Morgan fingerprint density at radius 1 is 0.750 bits per heavy atom. The highest BCUT2D eigenvalue weighted by Crippen LogP contribution is 2.36. The summed E-state index contributed by atoms with van der Waals surface area (Å²) >= 11 is 0. The molecule has 5 atom stereocenters. The summed E-state index contributed by atoms with van der Waals surface area (Å²) < 4.78 is 45.3. The van der Waals surface area contributed by atoms with Crippen molar-refractivity contribution in [3.05, 3.63) is 29.8 Å². The van der Waals surface area contributed by atoms with E-state index in [9.17, 15) is 19.2 Å². The number of esters is 4. The lowest BCUT2D eigenvalue weighted by molar-refractivity contribution is -0.347. The second-order valence-electron chi connectivity index (χ2n) is 10.6. The Morgan fingerprint density at radius 3 is 1.70 bits per heavy atom. The van der Waals surface area contributed by atoms with Gasteiger partial charge in [0.2, 0.25) is 18.7 Å². The molecule has 1 aromatic carbocycles. The highest BCUT2D eigenvalue weighted by atomic mass is 16.8. The first-order valence-corrected chi connectivity index (χ1v) is 13.1. The van der Waals surface area contributed by atoms with Crippen LogP contribution in [-0.2, 0) is 63.5 Å². The fourth-order valence-corrected chi connectivity index (χ4v) is 4.11. The van der Waals surface area contributed by atoms with Crippen molar-refractivity contribution in [3.63, 3.8) is 0 Å². The monoisotopic (exact) mass is 564 g/mol. The van der Waals surface area contributed by atoms with Gasteiger partial charge in [0.1, 0.15) is 0 Å². The van der Waals surface area contributed by atoms with Gasteiger partial charge in [0.15, 0.2) is 12.2 Å². The number of rotatable bonds is 9. The first kappa shape index (κ1) is 31.5. The number of hydrogen-bond donors (Lipinski definition) is 0. The molecule has 12 nitrogen and oxygen atoms in total. The Balaban J connectivity index is 1.82. The van der Waals surface area contributed by atoms with Crippen LogP contribution in [0.25, 0.3) is 0 Å². The molecule has 0 radical (unpaired) electrons. The predicted molar refractivity (Wildman–Crippen MR) is 139 cm³/mol. The van der Waals surface area contributed by atoms with Gasteiger partial charge in [0.05, 0.1) is 17.8 Å². The van der Waals surface area contributed by atoms with Crippen LogP contribution in [0.3, 0.4) is 0 Å². The second-order valence-corrected chi connectivity index (χ2v) is 10.6. The molecule has 0 aromatic heterocycles. The highest BCUT2D eigenvalue weighted by Gasteiger charge is 2.54. The lowest BCUT2D eigenvalue weighted by Crippen LogP contribution is -2.62. The molecule has 1 aromatic rings. The average molecular weight is 564 g/mol. The predicted octanol–water partition coefficient (Wildman–Crippen LogP) is 1.93. The number of hydrogen-bond acceptors (Lipinski definition) is 12. The Hall–Kier alpha value is -3.00. The molecule has 2 fully saturated rings. The van der Waals surface area contributed by atoms with Gasteiger partial charge in [-0.1, -0.05) is 31.2 Å². The summed E-state index contributed by atoms with van der Waals surface area (Å²) in [6.45, 7) is 12.8. The van der Waals surface area contributed by atoms with Gasteiger partial charge in [0.25, 0.3) is 0 Å². The molecular weight excluding hydrogens is 527 g/mol. The molecule has 0 saturated carbocycles. The van der Waals surface area contributed by atoms with Crippen LogP contribution in [0.15, 0.2) is 24.3 Å². The van der Waals surface area contributed by atoms with Gasteiger partial charge in [-0.2, -0.15) is 0 Å². The van der Waals surface area contributed by atoms with Crippen molar-refractivity contribution < 1.29 is 56.9 Å². The number of benzene rings is 1. The fraction of sp³-hybridized carbons (Fsp3) is 0.630. The van der Waals surface area contributed by atoms with Crippen molar-refractivity contribution in [2.45, 2.75) is 111 Å². The van der Waals surface area contributed by atoms with E-state index >= 15 is 0 Å². The van der Waals surface area contributed by atoms with Crippen LogP contribution in [0.2, 0.25) is 0 Å². The smallest absolute Gasteiger partial charge is 0.454 e. The third-order valence-electron chi connectivity index (χ3n) is 6.81. The summed E-state index contributed by atoms with van der Waals surface area (Å²) in [6.07, 6.45) is -6.99. The van der Waals surface area contributed by atoms with Crippen molar-refractivity contribution in [3.8, 4) is 0 Å². The van der Waals surface area contributed by atoms with E-state index in [1.54, 1.807) is 6.92 Å². The molecule has 2 saturated heterocycles. The summed E-state index contributed by atoms with van der Waals surface area (Å²) in [5.74, 6) is -2.89. The van der Waals surface area contributed by atoms with Crippen LogP contribution in [0.5, 0.6) is 0 Å². The van der Waals surface area contributed by atoms with Crippen molar-refractivity contribution >= 4 is 36.5 Å². The summed E-state index contributed by atoms with van der Waals surface area (Å²) in [6, 6.07) is 7.31. The minimum Gasteiger partial charge on any atom is -0.454 e. The number of carbonyl (C=O) groups excluding carboxylic acids is 4. The van der Waals surface area contributed by atoms with Crippen molar-refractivity contribution in [1.82, 2.24) is 0 Å². The largest absolute Gasteiger partial charge is 0.494 e. The van der Waals surface area contributed by atoms with E-state index in [0.29, 0.717) is 0 Å². The molecule has 2 aliphatic rings. The first-order chi connectivity index (χ1) is 18.6. The fourth-order valence-electron chi connectivity index (χ4n) is 4.11. The molecular formula is C27H37BO12. The van der Waals surface area contributed by atoms with Gasteiger partial charge >= 0.3 is 31.0 Å². The van der Waals surface area contributed by atoms with Crippen molar-refractivity contribution in [1.29, 1.82) is 0 Å². The molecule has 0 spiro atoms. The molecule has 0 amide bonds. The Morgan fingerprint density at radius 2 is 1.23 bits per heavy atom. The molecule has 40 heavy (non-hydrogen) atoms. The second kappa shape index (κ2) is 12.7. The Kier molecular flexibility index (Phi) is 9.99. The maximum Gasteiger partial charge on any atom is 0.494 e. The van der Waals surface area contributed by atoms with Crippen molar-refractivity contribution in [2.24, 2.45) is 0 Å². The minimum atomic E-state index is -1.50. The minimum absolute atomic E-state index is 0.00107. The van der Waals surface area contributed by atoms with Crippen LogP contribution in [0.1, 0.15) is 67.4 Å². The van der Waals surface area contributed by atoms with E-state index in [1.165, 1.54) is 0 Å². The molecule has 2 aliphatic heterocycles. The molecule has 2 unspecified atom stereocenters. The summed E-state index contributed by atoms with van der Waals surface area (Å²) in [5, 5.41) is 0. The zero-order valence-corrected chi connectivity index (χ0v) is 24.1. The standard InChI is InChI=1S/C27H37BO12/c1-9-20(32)37-25-23(36-17(4)31)21(34-15(2)29)22(35-16(3)30)24(38-25)33-14-18-10-12-19(13-11-18)28-39-26(5,6)27(7,8)40-28/h10-13,21-25H,9,14H2,1-8H3/t21-,22?,23+,24-,25?/m0/s1. The first-order valence-electron chi connectivity index (χ1n) is 13.1. The van der Waals surface area contributed by atoms with Gasteiger partial charge in [-0.3, -0.25) is 19.2 Å². The third kappa shape index (κ3) is 7.59. The molecule has 13 heteroatoms. The van der Waals surface area contributed by atoms with E-state index in [0.717, 1.165) is 31.8 Å². The summed E-state index contributed by atoms with van der Waals surface area (Å²) in [7, 11) is -0.535. The lowest BCUT2D eigenvalue weighted by Gasteiger charge is -2.43. The SMILES string of the molecule is CCC(=O)OC1O[C@H](OCc2ccc(B3OC(C)(C)C(C)(C)O3)cc2)C(OC(C)=O)[C@H](OC(C)=O)[C@H]1OC(C)=O.